The lowest BCUT2D eigenvalue weighted by atomic mass is 10.2. The summed E-state index contributed by atoms with van der Waals surface area (Å²) in [6, 6.07) is 8.49. The van der Waals surface area contributed by atoms with Gasteiger partial charge in [0.2, 0.25) is 5.95 Å². The SMILES string of the molecule is COc1ccc(Br)cc1CN1CCC(Nc2ccnc(N3CCOCC3)n2)C1. The third-order valence-corrected chi connectivity index (χ3v) is 5.69. The Hall–Kier alpha value is -1.90. The molecule has 4 rings (SSSR count). The molecular weight excluding hydrogens is 422 g/mol. The Balaban J connectivity index is 1.35. The molecule has 0 amide bonds. The molecule has 7 nitrogen and oxygen atoms in total. The largest absolute Gasteiger partial charge is 0.496 e. The molecule has 2 fully saturated rings. The highest BCUT2D eigenvalue weighted by Crippen LogP contribution is 2.26. The molecule has 28 heavy (non-hydrogen) atoms. The average Bonchev–Trinajstić information content (AvgIpc) is 3.16. The van der Waals surface area contributed by atoms with E-state index in [4.69, 9.17) is 14.5 Å². The summed E-state index contributed by atoms with van der Waals surface area (Å²) in [7, 11) is 1.72. The lowest BCUT2D eigenvalue weighted by Crippen LogP contribution is -2.37. The van der Waals surface area contributed by atoms with Gasteiger partial charge in [0.1, 0.15) is 11.6 Å². The van der Waals surface area contributed by atoms with Crippen LogP contribution >= 0.6 is 15.9 Å². The predicted octanol–water partition coefficient (Wildman–Crippen LogP) is 2.77. The maximum absolute atomic E-state index is 5.51. The fourth-order valence-corrected chi connectivity index (χ4v) is 4.17. The van der Waals surface area contributed by atoms with Gasteiger partial charge >= 0.3 is 0 Å². The van der Waals surface area contributed by atoms with Crippen molar-refractivity contribution in [1.29, 1.82) is 0 Å². The van der Waals surface area contributed by atoms with Crippen LogP contribution in [0.4, 0.5) is 11.8 Å². The molecule has 0 bridgehead atoms. The molecule has 2 aliphatic heterocycles. The molecule has 3 heterocycles. The average molecular weight is 448 g/mol. The van der Waals surface area contributed by atoms with Gasteiger partial charge in [0.15, 0.2) is 0 Å². The van der Waals surface area contributed by atoms with Gasteiger partial charge in [0.05, 0.1) is 20.3 Å². The highest BCUT2D eigenvalue weighted by molar-refractivity contribution is 9.10. The van der Waals surface area contributed by atoms with Crippen molar-refractivity contribution in [2.45, 2.75) is 19.0 Å². The Morgan fingerprint density at radius 2 is 2.11 bits per heavy atom. The van der Waals surface area contributed by atoms with E-state index >= 15 is 0 Å². The van der Waals surface area contributed by atoms with Crippen LogP contribution in [0, 0.1) is 0 Å². The minimum Gasteiger partial charge on any atom is -0.496 e. The second-order valence-corrected chi connectivity index (χ2v) is 8.08. The van der Waals surface area contributed by atoms with Crippen molar-refractivity contribution < 1.29 is 9.47 Å². The van der Waals surface area contributed by atoms with Gasteiger partial charge in [-0.3, -0.25) is 4.90 Å². The van der Waals surface area contributed by atoms with E-state index in [1.165, 1.54) is 5.56 Å². The van der Waals surface area contributed by atoms with E-state index in [1.807, 2.05) is 24.4 Å². The Labute approximate surface area is 174 Å². The summed E-state index contributed by atoms with van der Waals surface area (Å²) in [6.07, 6.45) is 2.92. The van der Waals surface area contributed by atoms with Crippen LogP contribution in [0.2, 0.25) is 0 Å². The molecule has 150 valence electrons. The molecule has 8 heteroatoms. The van der Waals surface area contributed by atoms with Crippen LogP contribution in [-0.2, 0) is 11.3 Å². The van der Waals surface area contributed by atoms with Gasteiger partial charge < -0.3 is 19.7 Å². The first-order valence-corrected chi connectivity index (χ1v) is 10.5. The van der Waals surface area contributed by atoms with Gasteiger partial charge in [-0.2, -0.15) is 4.98 Å². The summed E-state index contributed by atoms with van der Waals surface area (Å²) in [6.45, 7) is 6.06. The van der Waals surface area contributed by atoms with Crippen molar-refractivity contribution in [1.82, 2.24) is 14.9 Å². The van der Waals surface area contributed by atoms with Crippen LogP contribution in [0.25, 0.3) is 0 Å². The summed E-state index contributed by atoms with van der Waals surface area (Å²) in [5, 5.41) is 3.58. The number of halogens is 1. The van der Waals surface area contributed by atoms with E-state index in [-0.39, 0.29) is 0 Å². The Kier molecular flexibility index (Phi) is 6.29. The molecule has 1 aromatic carbocycles. The van der Waals surface area contributed by atoms with E-state index in [9.17, 15) is 0 Å². The number of aromatic nitrogens is 2. The fraction of sp³-hybridized carbons (Fsp3) is 0.500. The maximum Gasteiger partial charge on any atom is 0.227 e. The molecule has 0 saturated carbocycles. The zero-order valence-electron chi connectivity index (χ0n) is 16.1. The number of benzene rings is 1. The molecule has 2 saturated heterocycles. The van der Waals surface area contributed by atoms with E-state index in [0.29, 0.717) is 6.04 Å². The number of morpholine rings is 1. The number of nitrogens with one attached hydrogen (secondary N) is 1. The van der Waals surface area contributed by atoms with Gasteiger partial charge in [-0.25, -0.2) is 4.98 Å². The number of ether oxygens (including phenoxy) is 2. The van der Waals surface area contributed by atoms with Crippen LogP contribution in [-0.4, -0.2) is 67.4 Å². The Bertz CT molecular complexity index is 800. The summed E-state index contributed by atoms with van der Waals surface area (Å²) in [5.74, 6) is 2.61. The van der Waals surface area contributed by atoms with Crippen molar-refractivity contribution >= 4 is 27.7 Å². The van der Waals surface area contributed by atoms with Crippen LogP contribution in [0.3, 0.4) is 0 Å². The Morgan fingerprint density at radius 3 is 2.93 bits per heavy atom. The molecule has 1 N–H and O–H groups in total. The monoisotopic (exact) mass is 447 g/mol. The van der Waals surface area contributed by atoms with Crippen LogP contribution in [0.5, 0.6) is 5.75 Å². The van der Waals surface area contributed by atoms with Crippen molar-refractivity contribution in [3.05, 3.63) is 40.5 Å². The van der Waals surface area contributed by atoms with Crippen LogP contribution < -0.4 is 15.0 Å². The van der Waals surface area contributed by atoms with Gasteiger partial charge in [0, 0.05) is 55.0 Å². The number of methoxy groups -OCH3 is 1. The van der Waals surface area contributed by atoms with Gasteiger partial charge in [-0.05, 0) is 30.7 Å². The lowest BCUT2D eigenvalue weighted by Gasteiger charge is -2.27. The quantitative estimate of drug-likeness (QED) is 0.729. The van der Waals surface area contributed by atoms with Gasteiger partial charge in [-0.15, -0.1) is 0 Å². The molecule has 0 spiro atoms. The number of hydrogen-bond acceptors (Lipinski definition) is 7. The maximum atomic E-state index is 5.51. The number of rotatable bonds is 6. The summed E-state index contributed by atoms with van der Waals surface area (Å²) in [5.41, 5.74) is 1.20. The molecule has 0 radical (unpaired) electrons. The number of hydrogen-bond donors (Lipinski definition) is 1. The standard InChI is InChI=1S/C20H26BrN5O2/c1-27-18-3-2-16(21)12-15(18)13-25-7-5-17(14-25)23-19-4-6-22-20(24-19)26-8-10-28-11-9-26/h2-4,6,12,17H,5,7-11,13-14H2,1H3,(H,22,23,24). The van der Waals surface area contributed by atoms with Crippen LogP contribution in [0.1, 0.15) is 12.0 Å². The first-order valence-electron chi connectivity index (χ1n) is 9.68. The van der Waals surface area contributed by atoms with Crippen LogP contribution in [0.15, 0.2) is 34.9 Å². The zero-order chi connectivity index (χ0) is 19.3. The minimum absolute atomic E-state index is 0.380. The van der Waals surface area contributed by atoms with Crippen molar-refractivity contribution in [2.75, 3.05) is 56.7 Å². The highest BCUT2D eigenvalue weighted by atomic mass is 79.9. The molecule has 1 atom stereocenters. The van der Waals surface area contributed by atoms with E-state index in [0.717, 1.165) is 74.3 Å². The number of anilines is 2. The second-order valence-electron chi connectivity index (χ2n) is 7.16. The van der Waals surface area contributed by atoms with E-state index in [1.54, 1.807) is 7.11 Å². The number of likely N-dealkylation sites (tertiary alicyclic amines) is 1. The van der Waals surface area contributed by atoms with Crippen molar-refractivity contribution in [3.63, 3.8) is 0 Å². The van der Waals surface area contributed by atoms with E-state index in [2.05, 4.69) is 42.1 Å². The molecule has 0 aliphatic carbocycles. The highest BCUT2D eigenvalue weighted by Gasteiger charge is 2.24. The van der Waals surface area contributed by atoms with Crippen molar-refractivity contribution in [2.24, 2.45) is 0 Å². The minimum atomic E-state index is 0.380. The van der Waals surface area contributed by atoms with Crippen molar-refractivity contribution in [3.8, 4) is 5.75 Å². The van der Waals surface area contributed by atoms with Gasteiger partial charge in [0.25, 0.3) is 0 Å². The summed E-state index contributed by atoms with van der Waals surface area (Å²) < 4.78 is 12.0. The zero-order valence-corrected chi connectivity index (χ0v) is 17.7. The smallest absolute Gasteiger partial charge is 0.227 e. The third-order valence-electron chi connectivity index (χ3n) is 5.20. The van der Waals surface area contributed by atoms with E-state index < -0.39 is 0 Å². The normalized spacial score (nSPS) is 20.4. The first kappa shape index (κ1) is 19.4. The summed E-state index contributed by atoms with van der Waals surface area (Å²) in [4.78, 5) is 13.8. The molecule has 2 aromatic rings. The third kappa shape index (κ3) is 4.74. The summed E-state index contributed by atoms with van der Waals surface area (Å²) >= 11 is 3.56. The predicted molar refractivity (Wildman–Crippen MR) is 113 cm³/mol. The Morgan fingerprint density at radius 1 is 1.25 bits per heavy atom. The molecular formula is C20H26BrN5O2. The fourth-order valence-electron chi connectivity index (χ4n) is 3.76. The number of nitrogens with zero attached hydrogens (tertiary/aromatic N) is 4. The topological polar surface area (TPSA) is 62.8 Å². The lowest BCUT2D eigenvalue weighted by molar-refractivity contribution is 0.122. The molecule has 2 aliphatic rings. The molecule has 1 unspecified atom stereocenters. The second kappa shape index (κ2) is 9.07. The first-order chi connectivity index (χ1) is 13.7. The van der Waals surface area contributed by atoms with Gasteiger partial charge in [-0.1, -0.05) is 15.9 Å². The molecule has 1 aromatic heterocycles.